The van der Waals surface area contributed by atoms with E-state index in [4.69, 9.17) is 15.1 Å². The third kappa shape index (κ3) is 4.46. The maximum Gasteiger partial charge on any atom is 0.537 e. The van der Waals surface area contributed by atoms with Gasteiger partial charge in [0.15, 0.2) is 8.68 Å². The normalized spacial score (nSPS) is 16.3. The van der Waals surface area contributed by atoms with Crippen LogP contribution < -0.4 is 15.1 Å². The average molecular weight is 413 g/mol. The van der Waals surface area contributed by atoms with Crippen molar-refractivity contribution in [1.82, 2.24) is 10.2 Å². The van der Waals surface area contributed by atoms with Crippen LogP contribution in [0.2, 0.25) is 0 Å². The van der Waals surface area contributed by atoms with E-state index in [-0.39, 0.29) is 11.8 Å². The number of aromatic nitrogens is 2. The monoisotopic (exact) mass is 413 g/mol. The zero-order valence-electron chi connectivity index (χ0n) is 14.3. The van der Waals surface area contributed by atoms with Gasteiger partial charge in [0, 0.05) is 5.75 Å². The lowest BCUT2D eigenvalue weighted by atomic mass is 9.77. The van der Waals surface area contributed by atoms with Gasteiger partial charge in [-0.05, 0) is 31.0 Å². The highest BCUT2D eigenvalue weighted by Crippen LogP contribution is 2.41. The summed E-state index contributed by atoms with van der Waals surface area (Å²) in [6.45, 7) is 0.454. The van der Waals surface area contributed by atoms with Crippen molar-refractivity contribution in [2.24, 2.45) is 5.73 Å². The number of aliphatic hydroxyl groups excluding tert-OH is 1. The fourth-order valence-electron chi connectivity index (χ4n) is 2.60. The first-order valence-electron chi connectivity index (χ1n) is 8.13. The van der Waals surface area contributed by atoms with E-state index in [9.17, 15) is 10.1 Å². The standard InChI is InChI=1S/C15H20BN3O4S3/c1-22-11-4-3-9-7-12(16(21)23-13(9)10(11)8-20)25-15-19-18-14(26-15)24-6-2-5-17/h3-4,12,20-21H,2,5-8,17H2,1H3/t12-/m0/s1. The third-order valence-corrected chi connectivity index (χ3v) is 7.33. The van der Waals surface area contributed by atoms with Gasteiger partial charge in [-0.3, -0.25) is 0 Å². The molecule has 0 amide bonds. The van der Waals surface area contributed by atoms with E-state index >= 15 is 0 Å². The molecule has 4 N–H and O–H groups in total. The molecule has 2 heterocycles. The molecule has 7 nitrogen and oxygen atoms in total. The molecule has 0 bridgehead atoms. The van der Waals surface area contributed by atoms with Crippen LogP contribution in [0.1, 0.15) is 17.5 Å². The minimum atomic E-state index is -0.998. The molecule has 0 spiro atoms. The summed E-state index contributed by atoms with van der Waals surface area (Å²) < 4.78 is 12.6. The van der Waals surface area contributed by atoms with Crippen molar-refractivity contribution in [1.29, 1.82) is 0 Å². The van der Waals surface area contributed by atoms with Gasteiger partial charge in [0.2, 0.25) is 0 Å². The zero-order valence-corrected chi connectivity index (χ0v) is 16.7. The van der Waals surface area contributed by atoms with E-state index in [1.165, 1.54) is 30.2 Å². The van der Waals surface area contributed by atoms with Crippen LogP contribution in [0.4, 0.5) is 0 Å². The number of ether oxygens (including phenoxy) is 1. The van der Waals surface area contributed by atoms with E-state index in [1.807, 2.05) is 12.1 Å². The minimum absolute atomic E-state index is 0.197. The summed E-state index contributed by atoms with van der Waals surface area (Å²) in [5.74, 6) is 1.98. The number of fused-ring (bicyclic) bond motifs is 1. The SMILES string of the molecule is COc1ccc2c(c1CO)OB(O)[C@@H](Sc1nnc(SCCCN)s1)C2. The van der Waals surface area contributed by atoms with Crippen LogP contribution in [0, 0.1) is 0 Å². The van der Waals surface area contributed by atoms with E-state index in [2.05, 4.69) is 10.2 Å². The van der Waals surface area contributed by atoms with E-state index < -0.39 is 7.12 Å². The van der Waals surface area contributed by atoms with Gasteiger partial charge in [0.1, 0.15) is 11.5 Å². The van der Waals surface area contributed by atoms with Crippen molar-refractivity contribution in [2.75, 3.05) is 19.4 Å². The van der Waals surface area contributed by atoms with Crippen molar-refractivity contribution < 1.29 is 19.5 Å². The van der Waals surface area contributed by atoms with Gasteiger partial charge in [-0.1, -0.05) is 40.9 Å². The summed E-state index contributed by atoms with van der Waals surface area (Å²) in [6.07, 6.45) is 1.54. The van der Waals surface area contributed by atoms with Crippen molar-refractivity contribution in [3.63, 3.8) is 0 Å². The van der Waals surface area contributed by atoms with Crippen LogP contribution in [0.15, 0.2) is 20.8 Å². The molecule has 1 aromatic heterocycles. The van der Waals surface area contributed by atoms with Gasteiger partial charge >= 0.3 is 7.12 Å². The molecule has 0 saturated heterocycles. The van der Waals surface area contributed by atoms with Gasteiger partial charge in [-0.2, -0.15) is 0 Å². The molecule has 1 aliphatic rings. The molecule has 2 aromatic rings. The average Bonchev–Trinajstić information content (AvgIpc) is 3.09. The number of benzene rings is 1. The number of nitrogens with zero attached hydrogens (tertiary/aromatic N) is 2. The molecule has 1 aromatic carbocycles. The molecular formula is C15H20BN3O4S3. The van der Waals surface area contributed by atoms with E-state index in [0.717, 1.165) is 26.4 Å². The second-order valence-corrected chi connectivity index (χ2v) is 9.39. The number of nitrogens with two attached hydrogens (primary N) is 1. The Balaban J connectivity index is 1.70. The molecule has 140 valence electrons. The maximum atomic E-state index is 10.4. The van der Waals surface area contributed by atoms with Crippen LogP contribution in [-0.2, 0) is 13.0 Å². The molecule has 1 atom stereocenters. The van der Waals surface area contributed by atoms with E-state index in [1.54, 1.807) is 11.8 Å². The Hall–Kier alpha value is -0.975. The Morgan fingerprint density at radius 3 is 2.96 bits per heavy atom. The molecule has 0 saturated carbocycles. The number of thioether (sulfide) groups is 2. The van der Waals surface area contributed by atoms with Crippen LogP contribution in [0.5, 0.6) is 11.5 Å². The molecule has 0 unspecified atom stereocenters. The predicted molar refractivity (Wildman–Crippen MR) is 105 cm³/mol. The summed E-state index contributed by atoms with van der Waals surface area (Å²) in [5.41, 5.74) is 6.99. The van der Waals surface area contributed by atoms with Crippen LogP contribution in [0.25, 0.3) is 0 Å². The number of aliphatic hydroxyl groups is 1. The molecule has 26 heavy (non-hydrogen) atoms. The summed E-state index contributed by atoms with van der Waals surface area (Å²) in [6, 6.07) is 3.71. The Labute approximate surface area is 164 Å². The number of methoxy groups -OCH3 is 1. The third-order valence-electron chi connectivity index (χ3n) is 3.87. The van der Waals surface area contributed by atoms with Gasteiger partial charge < -0.3 is 25.3 Å². The summed E-state index contributed by atoms with van der Waals surface area (Å²) in [7, 11) is 0.541. The Morgan fingerprint density at radius 2 is 2.23 bits per heavy atom. The Bertz CT molecular complexity index is 749. The fourth-order valence-corrected chi connectivity index (χ4v) is 5.96. The van der Waals surface area contributed by atoms with Crippen LogP contribution in [-0.4, -0.2) is 52.0 Å². The predicted octanol–water partition coefficient (Wildman–Crippen LogP) is 1.60. The molecule has 0 radical (unpaired) electrons. The molecule has 3 rings (SSSR count). The number of rotatable bonds is 8. The minimum Gasteiger partial charge on any atom is -0.535 e. The summed E-state index contributed by atoms with van der Waals surface area (Å²) in [5, 5.41) is 28.2. The van der Waals surface area contributed by atoms with Gasteiger partial charge in [0.05, 0.1) is 24.4 Å². The highest BCUT2D eigenvalue weighted by atomic mass is 32.2. The number of hydrogen-bond acceptors (Lipinski definition) is 10. The van der Waals surface area contributed by atoms with Gasteiger partial charge in [0.25, 0.3) is 0 Å². The van der Waals surface area contributed by atoms with Gasteiger partial charge in [-0.25, -0.2) is 0 Å². The topological polar surface area (TPSA) is 111 Å². The van der Waals surface area contributed by atoms with Crippen LogP contribution >= 0.6 is 34.9 Å². The highest BCUT2D eigenvalue weighted by Gasteiger charge is 2.38. The fraction of sp³-hybridized carbons (Fsp3) is 0.467. The zero-order chi connectivity index (χ0) is 18.5. The summed E-state index contributed by atoms with van der Waals surface area (Å²) >= 11 is 4.61. The van der Waals surface area contributed by atoms with Crippen molar-refractivity contribution in [3.05, 3.63) is 23.3 Å². The highest BCUT2D eigenvalue weighted by molar-refractivity contribution is 8.04. The van der Waals surface area contributed by atoms with Crippen molar-refractivity contribution in [2.45, 2.75) is 33.3 Å². The number of hydrogen-bond donors (Lipinski definition) is 3. The van der Waals surface area contributed by atoms with Gasteiger partial charge in [-0.15, -0.1) is 10.2 Å². The Morgan fingerprint density at radius 1 is 1.42 bits per heavy atom. The molecule has 0 aliphatic carbocycles. The molecule has 1 aliphatic heterocycles. The quantitative estimate of drug-likeness (QED) is 0.338. The molecular weight excluding hydrogens is 393 g/mol. The second kappa shape index (κ2) is 9.29. The Kier molecular flexibility index (Phi) is 7.07. The second-order valence-electron chi connectivity index (χ2n) is 5.59. The smallest absolute Gasteiger partial charge is 0.535 e. The molecule has 11 heteroatoms. The first kappa shape index (κ1) is 19.8. The van der Waals surface area contributed by atoms with Crippen molar-refractivity contribution >= 4 is 42.0 Å². The lowest BCUT2D eigenvalue weighted by Gasteiger charge is -2.28. The largest absolute Gasteiger partial charge is 0.537 e. The van der Waals surface area contributed by atoms with Crippen molar-refractivity contribution in [3.8, 4) is 11.5 Å². The van der Waals surface area contributed by atoms with Crippen LogP contribution in [0.3, 0.4) is 0 Å². The lowest BCUT2D eigenvalue weighted by molar-refractivity contribution is 0.267. The maximum absolute atomic E-state index is 10.4. The van der Waals surface area contributed by atoms with E-state index in [0.29, 0.717) is 30.0 Å². The lowest BCUT2D eigenvalue weighted by Crippen LogP contribution is -2.40. The first-order chi connectivity index (χ1) is 12.7. The summed E-state index contributed by atoms with van der Waals surface area (Å²) in [4.78, 5) is 0. The first-order valence-corrected chi connectivity index (χ1v) is 10.8. The molecule has 0 fully saturated rings.